The number of carbonyl (C=O) groups is 1. The first-order valence-corrected chi connectivity index (χ1v) is 7.56. The maximum Gasteiger partial charge on any atom is 0.309 e. The van der Waals surface area contributed by atoms with Gasteiger partial charge >= 0.3 is 5.97 Å². The van der Waals surface area contributed by atoms with E-state index in [0.29, 0.717) is 0 Å². The molecule has 0 atom stereocenters. The first-order valence-electron chi connectivity index (χ1n) is 6.69. The fraction of sp³-hybridized carbons (Fsp3) is 0.267. The molecule has 0 aliphatic heterocycles. The van der Waals surface area contributed by atoms with Crippen molar-refractivity contribution in [2.75, 3.05) is 0 Å². The number of nitrogens with zero attached hydrogens (tertiary/aromatic N) is 3. The quantitative estimate of drug-likeness (QED) is 0.803. The Morgan fingerprint density at radius 3 is 2.71 bits per heavy atom. The summed E-state index contributed by atoms with van der Waals surface area (Å²) in [5.41, 5.74) is 3.60. The fourth-order valence-corrected chi connectivity index (χ4v) is 3.35. The van der Waals surface area contributed by atoms with Crippen LogP contribution in [-0.4, -0.2) is 25.4 Å². The summed E-state index contributed by atoms with van der Waals surface area (Å²) in [6.45, 7) is 4.06. The molecule has 0 amide bonds. The van der Waals surface area contributed by atoms with Crippen molar-refractivity contribution >= 4 is 22.3 Å². The van der Waals surface area contributed by atoms with E-state index in [0.717, 1.165) is 27.6 Å². The van der Waals surface area contributed by atoms with Crippen molar-refractivity contribution in [2.24, 2.45) is 0 Å². The summed E-state index contributed by atoms with van der Waals surface area (Å²) in [4.78, 5) is 20.7. The lowest BCUT2D eigenvalue weighted by atomic mass is 10.1. The maximum atomic E-state index is 11.2. The van der Waals surface area contributed by atoms with Gasteiger partial charge in [0, 0.05) is 23.3 Å². The molecule has 108 valence electrons. The second-order valence-electron chi connectivity index (χ2n) is 5.14. The molecule has 0 saturated carbocycles. The third kappa shape index (κ3) is 2.42. The van der Waals surface area contributed by atoms with Gasteiger partial charge in [-0.2, -0.15) is 0 Å². The largest absolute Gasteiger partial charge is 0.481 e. The molecule has 0 aromatic carbocycles. The summed E-state index contributed by atoms with van der Waals surface area (Å²) in [5, 5.41) is 11.2. The zero-order valence-corrected chi connectivity index (χ0v) is 12.6. The Morgan fingerprint density at radius 2 is 2.10 bits per heavy atom. The highest BCUT2D eigenvalue weighted by Gasteiger charge is 2.21. The third-order valence-electron chi connectivity index (χ3n) is 3.33. The van der Waals surface area contributed by atoms with E-state index in [1.807, 2.05) is 35.8 Å². The number of carboxylic acids is 1. The number of carboxylic acid groups (broad SMARTS) is 1. The number of aliphatic carboxylic acids is 1. The van der Waals surface area contributed by atoms with E-state index in [4.69, 9.17) is 0 Å². The van der Waals surface area contributed by atoms with Crippen LogP contribution in [0.1, 0.15) is 31.2 Å². The highest BCUT2D eigenvalue weighted by Crippen LogP contribution is 2.31. The molecular weight excluding hydrogens is 286 g/mol. The number of pyridine rings is 1. The number of hydrogen-bond donors (Lipinski definition) is 1. The third-order valence-corrected chi connectivity index (χ3v) is 4.16. The summed E-state index contributed by atoms with van der Waals surface area (Å²) < 4.78 is 1.96. The molecule has 3 rings (SSSR count). The van der Waals surface area contributed by atoms with Gasteiger partial charge in [0.2, 0.25) is 0 Å². The monoisotopic (exact) mass is 301 g/mol. The van der Waals surface area contributed by atoms with Crippen LogP contribution in [0.2, 0.25) is 0 Å². The maximum absolute atomic E-state index is 11.2. The van der Waals surface area contributed by atoms with Crippen LogP contribution in [0.15, 0.2) is 29.9 Å². The highest BCUT2D eigenvalue weighted by molar-refractivity contribution is 7.15. The van der Waals surface area contributed by atoms with Crippen molar-refractivity contribution in [2.45, 2.75) is 26.2 Å². The van der Waals surface area contributed by atoms with Crippen LogP contribution >= 0.6 is 11.3 Å². The standard InChI is InChI=1S/C15H15N3O2S/c1-9(2)14-11(7-13(19)20)18-12(8-21-15(18)17-14)10-3-5-16-6-4-10/h3-6,8-9H,7H2,1-2H3,(H,19,20). The van der Waals surface area contributed by atoms with Crippen molar-refractivity contribution in [1.82, 2.24) is 14.4 Å². The average Bonchev–Trinajstić information content (AvgIpc) is 3.00. The van der Waals surface area contributed by atoms with E-state index in [2.05, 4.69) is 9.97 Å². The molecule has 3 heterocycles. The minimum atomic E-state index is -0.842. The van der Waals surface area contributed by atoms with E-state index in [-0.39, 0.29) is 12.3 Å². The van der Waals surface area contributed by atoms with Gasteiger partial charge in [0.1, 0.15) is 0 Å². The summed E-state index contributed by atoms with van der Waals surface area (Å²) >= 11 is 1.53. The second-order valence-corrected chi connectivity index (χ2v) is 5.98. The lowest BCUT2D eigenvalue weighted by Gasteiger charge is -2.07. The topological polar surface area (TPSA) is 67.5 Å². The molecule has 21 heavy (non-hydrogen) atoms. The molecule has 0 aliphatic rings. The van der Waals surface area contributed by atoms with Crippen LogP contribution in [0, 0.1) is 0 Å². The molecule has 5 nitrogen and oxygen atoms in total. The molecule has 0 aliphatic carbocycles. The van der Waals surface area contributed by atoms with Crippen molar-refractivity contribution in [3.8, 4) is 11.3 Å². The molecule has 3 aromatic rings. The van der Waals surface area contributed by atoms with Crippen LogP contribution in [0.25, 0.3) is 16.2 Å². The van der Waals surface area contributed by atoms with Crippen molar-refractivity contribution in [3.63, 3.8) is 0 Å². The Morgan fingerprint density at radius 1 is 1.38 bits per heavy atom. The lowest BCUT2D eigenvalue weighted by Crippen LogP contribution is -2.07. The zero-order valence-electron chi connectivity index (χ0n) is 11.8. The molecule has 0 spiro atoms. The summed E-state index contributed by atoms with van der Waals surface area (Å²) in [6.07, 6.45) is 3.44. The SMILES string of the molecule is CC(C)c1nc2scc(-c3ccncc3)n2c1CC(=O)O. The van der Waals surface area contributed by atoms with Gasteiger partial charge in [0.25, 0.3) is 0 Å². The number of thiazole rings is 1. The molecule has 0 radical (unpaired) electrons. The Labute approximate surface area is 125 Å². The lowest BCUT2D eigenvalue weighted by molar-refractivity contribution is -0.136. The van der Waals surface area contributed by atoms with Crippen LogP contribution in [0.5, 0.6) is 0 Å². The van der Waals surface area contributed by atoms with E-state index in [1.165, 1.54) is 11.3 Å². The van der Waals surface area contributed by atoms with Crippen LogP contribution in [0.4, 0.5) is 0 Å². The predicted molar refractivity (Wildman–Crippen MR) is 81.7 cm³/mol. The summed E-state index contributed by atoms with van der Waals surface area (Å²) in [6, 6.07) is 3.84. The van der Waals surface area contributed by atoms with Gasteiger partial charge < -0.3 is 5.11 Å². The molecule has 0 fully saturated rings. The molecule has 0 bridgehead atoms. The summed E-state index contributed by atoms with van der Waals surface area (Å²) in [7, 11) is 0. The Balaban J connectivity index is 2.26. The Hall–Kier alpha value is -2.21. The Bertz CT molecular complexity index is 790. The van der Waals surface area contributed by atoms with E-state index in [1.54, 1.807) is 12.4 Å². The van der Waals surface area contributed by atoms with Gasteiger partial charge in [0.15, 0.2) is 4.96 Å². The summed E-state index contributed by atoms with van der Waals surface area (Å²) in [5.74, 6) is -0.651. The van der Waals surface area contributed by atoms with Crippen LogP contribution in [-0.2, 0) is 11.2 Å². The van der Waals surface area contributed by atoms with E-state index in [9.17, 15) is 9.90 Å². The number of fused-ring (bicyclic) bond motifs is 1. The smallest absolute Gasteiger partial charge is 0.309 e. The molecule has 6 heteroatoms. The molecule has 0 unspecified atom stereocenters. The number of hydrogen-bond acceptors (Lipinski definition) is 4. The molecular formula is C15H15N3O2S. The molecule has 0 saturated heterocycles. The van der Waals surface area contributed by atoms with Crippen molar-refractivity contribution in [1.29, 1.82) is 0 Å². The number of rotatable bonds is 4. The van der Waals surface area contributed by atoms with Crippen molar-refractivity contribution in [3.05, 3.63) is 41.3 Å². The van der Waals surface area contributed by atoms with Crippen LogP contribution < -0.4 is 0 Å². The van der Waals surface area contributed by atoms with Gasteiger partial charge in [-0.15, -0.1) is 11.3 Å². The van der Waals surface area contributed by atoms with E-state index >= 15 is 0 Å². The van der Waals surface area contributed by atoms with Gasteiger partial charge in [-0.3, -0.25) is 14.2 Å². The number of imidazole rings is 1. The van der Waals surface area contributed by atoms with Gasteiger partial charge in [-0.1, -0.05) is 13.8 Å². The first-order chi connectivity index (χ1) is 10.1. The minimum Gasteiger partial charge on any atom is -0.481 e. The van der Waals surface area contributed by atoms with E-state index < -0.39 is 5.97 Å². The first kappa shape index (κ1) is 13.8. The highest BCUT2D eigenvalue weighted by atomic mass is 32.1. The zero-order chi connectivity index (χ0) is 15.0. The number of aromatic nitrogens is 3. The van der Waals surface area contributed by atoms with Crippen molar-refractivity contribution < 1.29 is 9.90 Å². The van der Waals surface area contributed by atoms with Crippen LogP contribution in [0.3, 0.4) is 0 Å². The predicted octanol–water partition coefficient (Wildman–Crippen LogP) is 3.21. The average molecular weight is 301 g/mol. The normalized spacial score (nSPS) is 11.4. The molecule has 1 N–H and O–H groups in total. The Kier molecular flexibility index (Phi) is 3.47. The van der Waals surface area contributed by atoms with Gasteiger partial charge in [-0.25, -0.2) is 4.98 Å². The fourth-order valence-electron chi connectivity index (χ4n) is 2.43. The minimum absolute atomic E-state index is 0.0243. The molecule has 3 aromatic heterocycles. The van der Waals surface area contributed by atoms with Gasteiger partial charge in [0.05, 0.1) is 23.5 Å². The van der Waals surface area contributed by atoms with Gasteiger partial charge in [-0.05, 0) is 18.1 Å². The second kappa shape index (κ2) is 5.29.